The second-order valence-corrected chi connectivity index (χ2v) is 1.99. The van der Waals surface area contributed by atoms with Gasteiger partial charge in [0.2, 0.25) is 0 Å². The van der Waals surface area contributed by atoms with Gasteiger partial charge in [0, 0.05) is 11.9 Å². The summed E-state index contributed by atoms with van der Waals surface area (Å²) < 4.78 is 0. The molecule has 1 nitrogen and oxygen atoms in total. The first-order chi connectivity index (χ1) is 4.70. The maximum absolute atomic E-state index is 4.01. The Morgan fingerprint density at radius 1 is 1.50 bits per heavy atom. The summed E-state index contributed by atoms with van der Waals surface area (Å²) in [5, 5.41) is 0. The van der Waals surface area contributed by atoms with Crippen molar-refractivity contribution in [2.24, 2.45) is 4.99 Å². The van der Waals surface area contributed by atoms with Crippen LogP contribution in [0.1, 0.15) is 13.8 Å². The monoisotopic (exact) mass is 135 g/mol. The zero-order valence-corrected chi connectivity index (χ0v) is 6.59. The highest BCUT2D eigenvalue weighted by Gasteiger charge is 1.80. The standard InChI is InChI=1S/C9H13N/c1-5-9(6-2)7-10-8(3)4/h5-7H,1,3H2,2,4H3/b9-6-,10-7-. The number of rotatable bonds is 3. The Morgan fingerprint density at radius 2 is 2.10 bits per heavy atom. The zero-order valence-electron chi connectivity index (χ0n) is 6.59. The molecular formula is C9H13N. The molecule has 0 spiro atoms. The predicted molar refractivity (Wildman–Crippen MR) is 47.3 cm³/mol. The fraction of sp³-hybridized carbons (Fsp3) is 0.222. The van der Waals surface area contributed by atoms with Crippen LogP contribution in [-0.2, 0) is 0 Å². The topological polar surface area (TPSA) is 12.4 Å². The SMILES string of the molecule is C=CC(/C=N\C(=C)C)=C/C. The first-order valence-corrected chi connectivity index (χ1v) is 3.19. The number of nitrogens with zero attached hydrogens (tertiary/aromatic N) is 1. The summed E-state index contributed by atoms with van der Waals surface area (Å²) >= 11 is 0. The molecule has 0 N–H and O–H groups in total. The minimum absolute atomic E-state index is 0.807. The van der Waals surface area contributed by atoms with E-state index < -0.39 is 0 Å². The van der Waals surface area contributed by atoms with Crippen LogP contribution in [0.15, 0.2) is 41.6 Å². The molecule has 0 fully saturated rings. The smallest absolute Gasteiger partial charge is 0.0339 e. The molecule has 0 amide bonds. The minimum atomic E-state index is 0.807. The molecule has 0 rings (SSSR count). The lowest BCUT2D eigenvalue weighted by Gasteiger charge is -1.88. The van der Waals surface area contributed by atoms with Crippen LogP contribution in [0.3, 0.4) is 0 Å². The van der Waals surface area contributed by atoms with Gasteiger partial charge < -0.3 is 0 Å². The first-order valence-electron chi connectivity index (χ1n) is 3.19. The minimum Gasteiger partial charge on any atom is -0.262 e. The normalized spacial score (nSPS) is 12.0. The maximum atomic E-state index is 4.01. The number of allylic oxidation sites excluding steroid dienone is 4. The van der Waals surface area contributed by atoms with Gasteiger partial charge in [-0.15, -0.1) is 0 Å². The third-order valence-electron chi connectivity index (χ3n) is 1.00. The largest absolute Gasteiger partial charge is 0.262 e. The van der Waals surface area contributed by atoms with E-state index in [9.17, 15) is 0 Å². The molecule has 0 saturated carbocycles. The second-order valence-electron chi connectivity index (χ2n) is 1.99. The molecule has 10 heavy (non-hydrogen) atoms. The van der Waals surface area contributed by atoms with E-state index in [0.29, 0.717) is 0 Å². The Balaban J connectivity index is 4.11. The van der Waals surface area contributed by atoms with Crippen LogP contribution in [-0.4, -0.2) is 6.21 Å². The average molecular weight is 135 g/mol. The van der Waals surface area contributed by atoms with E-state index in [4.69, 9.17) is 0 Å². The van der Waals surface area contributed by atoms with Gasteiger partial charge in [-0.25, -0.2) is 0 Å². The van der Waals surface area contributed by atoms with Crippen molar-refractivity contribution in [2.45, 2.75) is 13.8 Å². The predicted octanol–water partition coefficient (Wildman–Crippen LogP) is 2.72. The lowest BCUT2D eigenvalue weighted by Crippen LogP contribution is -1.77. The molecule has 0 atom stereocenters. The summed E-state index contributed by atoms with van der Waals surface area (Å²) in [6, 6.07) is 0. The average Bonchev–Trinajstić information content (AvgIpc) is 1.90. The van der Waals surface area contributed by atoms with Crippen LogP contribution in [0, 0.1) is 0 Å². The second kappa shape index (κ2) is 4.74. The van der Waals surface area contributed by atoms with E-state index >= 15 is 0 Å². The van der Waals surface area contributed by atoms with Crippen LogP contribution in [0.2, 0.25) is 0 Å². The summed E-state index contributed by atoms with van der Waals surface area (Å²) in [5.74, 6) is 0. The van der Waals surface area contributed by atoms with Gasteiger partial charge in [-0.2, -0.15) is 0 Å². The summed E-state index contributed by atoms with van der Waals surface area (Å²) in [7, 11) is 0. The third-order valence-corrected chi connectivity index (χ3v) is 1.00. The van der Waals surface area contributed by atoms with Crippen molar-refractivity contribution in [3.05, 3.63) is 36.6 Å². The number of hydrogen-bond acceptors (Lipinski definition) is 1. The van der Waals surface area contributed by atoms with Gasteiger partial charge in [0.25, 0.3) is 0 Å². The highest BCUT2D eigenvalue weighted by atomic mass is 14.7. The van der Waals surface area contributed by atoms with Gasteiger partial charge in [0.05, 0.1) is 0 Å². The molecular weight excluding hydrogens is 122 g/mol. The molecule has 0 aromatic heterocycles. The summed E-state index contributed by atoms with van der Waals surface area (Å²) in [6.45, 7) is 11.1. The lowest BCUT2D eigenvalue weighted by molar-refractivity contribution is 1.34. The molecule has 0 heterocycles. The van der Waals surface area contributed by atoms with E-state index in [-0.39, 0.29) is 0 Å². The van der Waals surface area contributed by atoms with Crippen molar-refractivity contribution < 1.29 is 0 Å². The van der Waals surface area contributed by atoms with E-state index in [2.05, 4.69) is 18.2 Å². The molecule has 0 bridgehead atoms. The van der Waals surface area contributed by atoms with Crippen LogP contribution < -0.4 is 0 Å². The van der Waals surface area contributed by atoms with Crippen LogP contribution in [0.5, 0.6) is 0 Å². The van der Waals surface area contributed by atoms with E-state index in [1.54, 1.807) is 12.3 Å². The molecule has 0 saturated heterocycles. The van der Waals surface area contributed by atoms with Gasteiger partial charge in [-0.05, 0) is 19.4 Å². The van der Waals surface area contributed by atoms with E-state index in [1.165, 1.54) is 0 Å². The first kappa shape index (κ1) is 8.89. The van der Waals surface area contributed by atoms with Crippen LogP contribution in [0.4, 0.5) is 0 Å². The highest BCUT2D eigenvalue weighted by molar-refractivity contribution is 5.82. The van der Waals surface area contributed by atoms with Crippen LogP contribution >= 0.6 is 0 Å². The highest BCUT2D eigenvalue weighted by Crippen LogP contribution is 1.93. The molecule has 0 aliphatic carbocycles. The van der Waals surface area contributed by atoms with Gasteiger partial charge >= 0.3 is 0 Å². The van der Waals surface area contributed by atoms with Gasteiger partial charge in [-0.1, -0.05) is 25.3 Å². The van der Waals surface area contributed by atoms with Crippen molar-refractivity contribution in [1.29, 1.82) is 0 Å². The lowest BCUT2D eigenvalue weighted by atomic mass is 10.3. The zero-order chi connectivity index (χ0) is 7.98. The third kappa shape index (κ3) is 3.84. The molecule has 0 aromatic carbocycles. The molecule has 0 unspecified atom stereocenters. The number of hydrogen-bond donors (Lipinski definition) is 0. The molecule has 0 aromatic rings. The fourth-order valence-corrected chi connectivity index (χ4v) is 0.430. The Kier molecular flexibility index (Phi) is 4.21. The molecule has 0 aliphatic heterocycles. The van der Waals surface area contributed by atoms with Crippen molar-refractivity contribution in [2.75, 3.05) is 0 Å². The fourth-order valence-electron chi connectivity index (χ4n) is 0.430. The van der Waals surface area contributed by atoms with E-state index in [0.717, 1.165) is 11.3 Å². The molecule has 0 aliphatic rings. The summed E-state index contributed by atoms with van der Waals surface area (Å²) in [5.41, 5.74) is 1.82. The molecule has 0 radical (unpaired) electrons. The molecule has 1 heteroatoms. The summed E-state index contributed by atoms with van der Waals surface area (Å²) in [6.07, 6.45) is 5.45. The summed E-state index contributed by atoms with van der Waals surface area (Å²) in [4.78, 5) is 4.01. The van der Waals surface area contributed by atoms with Crippen molar-refractivity contribution in [3.8, 4) is 0 Å². The van der Waals surface area contributed by atoms with Crippen LogP contribution in [0.25, 0.3) is 0 Å². The van der Waals surface area contributed by atoms with Crippen molar-refractivity contribution in [3.63, 3.8) is 0 Å². The quantitative estimate of drug-likeness (QED) is 0.417. The number of aliphatic imine (C=N–C) groups is 1. The van der Waals surface area contributed by atoms with Crippen molar-refractivity contribution in [1.82, 2.24) is 0 Å². The molecule has 54 valence electrons. The van der Waals surface area contributed by atoms with E-state index in [1.807, 2.05) is 19.9 Å². The van der Waals surface area contributed by atoms with Crippen molar-refractivity contribution >= 4 is 6.21 Å². The van der Waals surface area contributed by atoms with Gasteiger partial charge in [0.15, 0.2) is 0 Å². The van der Waals surface area contributed by atoms with Gasteiger partial charge in [0.1, 0.15) is 0 Å². The Morgan fingerprint density at radius 3 is 2.40 bits per heavy atom. The maximum Gasteiger partial charge on any atom is 0.0339 e. The Bertz CT molecular complexity index is 185. The Hall–Kier alpha value is -1.11. The Labute approximate surface area is 62.5 Å². The van der Waals surface area contributed by atoms with Gasteiger partial charge in [-0.3, -0.25) is 4.99 Å².